The van der Waals surface area contributed by atoms with Gasteiger partial charge in [0.2, 0.25) is 0 Å². The number of rotatable bonds is 1. The molecule has 1 aliphatic rings. The van der Waals surface area contributed by atoms with Crippen molar-refractivity contribution in [3.05, 3.63) is 34.9 Å². The van der Waals surface area contributed by atoms with Crippen molar-refractivity contribution in [3.63, 3.8) is 0 Å². The first-order chi connectivity index (χ1) is 9.61. The Morgan fingerprint density at radius 1 is 1.40 bits per heavy atom. The molecule has 1 fully saturated rings. The molecule has 20 heavy (non-hydrogen) atoms. The number of likely N-dealkylation sites (tertiary alicyclic amines) is 1. The molecule has 1 aromatic rings. The van der Waals surface area contributed by atoms with Crippen LogP contribution in [-0.2, 0) is 0 Å². The highest BCUT2D eigenvalue weighted by Gasteiger charge is 2.22. The number of benzene rings is 1. The minimum Gasteiger partial charge on any atom is -0.384 e. The van der Waals surface area contributed by atoms with Crippen LogP contribution in [0.5, 0.6) is 0 Å². The van der Waals surface area contributed by atoms with Crippen LogP contribution >= 0.6 is 0 Å². The Morgan fingerprint density at radius 3 is 2.75 bits per heavy atom. The van der Waals surface area contributed by atoms with E-state index in [1.54, 1.807) is 0 Å². The monoisotopic (exact) mass is 271 g/mol. The Labute approximate surface area is 120 Å². The second-order valence-corrected chi connectivity index (χ2v) is 5.48. The number of hydrogen-bond donors (Lipinski definition) is 1. The molecule has 2 rings (SSSR count). The van der Waals surface area contributed by atoms with Crippen LogP contribution in [0.3, 0.4) is 0 Å². The van der Waals surface area contributed by atoms with Crippen molar-refractivity contribution >= 4 is 5.91 Å². The lowest BCUT2D eigenvalue weighted by Gasteiger charge is -2.30. The fraction of sp³-hybridized carbons (Fsp3) is 0.471. The standard InChI is InChI=1S/C17H21NO2/c1-13-7-9-18(10-8-13)17(20)16-12-14(2)5-6-15(16)4-3-11-19/h5-6,12-13,19H,7-11H2,1-2H3. The zero-order valence-electron chi connectivity index (χ0n) is 12.1. The van der Waals surface area contributed by atoms with Gasteiger partial charge in [-0.1, -0.05) is 30.4 Å². The summed E-state index contributed by atoms with van der Waals surface area (Å²) in [5, 5.41) is 8.82. The van der Waals surface area contributed by atoms with Gasteiger partial charge in [0.25, 0.3) is 5.91 Å². The Morgan fingerprint density at radius 2 is 2.10 bits per heavy atom. The van der Waals surface area contributed by atoms with Crippen LogP contribution in [0.2, 0.25) is 0 Å². The molecular weight excluding hydrogens is 250 g/mol. The fourth-order valence-corrected chi connectivity index (χ4v) is 2.46. The molecule has 106 valence electrons. The molecule has 1 heterocycles. The molecule has 0 unspecified atom stereocenters. The lowest BCUT2D eigenvalue weighted by molar-refractivity contribution is 0.0697. The molecule has 0 saturated carbocycles. The highest BCUT2D eigenvalue weighted by Crippen LogP contribution is 2.20. The minimum atomic E-state index is -0.192. The number of nitrogens with zero attached hydrogens (tertiary/aromatic N) is 1. The molecular formula is C17H21NO2. The first-order valence-electron chi connectivity index (χ1n) is 7.11. The third-order valence-corrected chi connectivity index (χ3v) is 3.78. The zero-order chi connectivity index (χ0) is 14.5. The second-order valence-electron chi connectivity index (χ2n) is 5.48. The van der Waals surface area contributed by atoms with Gasteiger partial charge >= 0.3 is 0 Å². The number of aliphatic hydroxyl groups excluding tert-OH is 1. The Balaban J connectivity index is 2.26. The van der Waals surface area contributed by atoms with Crippen LogP contribution in [0, 0.1) is 24.7 Å². The van der Waals surface area contributed by atoms with Crippen LogP contribution in [-0.4, -0.2) is 35.6 Å². The normalized spacial score (nSPS) is 15.7. The minimum absolute atomic E-state index is 0.0582. The molecule has 1 aromatic carbocycles. The molecule has 1 saturated heterocycles. The molecule has 3 nitrogen and oxygen atoms in total. The average molecular weight is 271 g/mol. The molecule has 0 aliphatic carbocycles. The van der Waals surface area contributed by atoms with Crippen LogP contribution in [0.1, 0.15) is 41.3 Å². The van der Waals surface area contributed by atoms with Gasteiger partial charge in [0, 0.05) is 18.7 Å². The molecule has 0 aromatic heterocycles. The van der Waals surface area contributed by atoms with E-state index in [2.05, 4.69) is 18.8 Å². The molecule has 3 heteroatoms. The maximum absolute atomic E-state index is 12.6. The van der Waals surface area contributed by atoms with Crippen LogP contribution in [0.15, 0.2) is 18.2 Å². The van der Waals surface area contributed by atoms with E-state index in [1.807, 2.05) is 30.0 Å². The Bertz CT molecular complexity index is 546. The summed E-state index contributed by atoms with van der Waals surface area (Å²) in [6.07, 6.45) is 2.13. The van der Waals surface area contributed by atoms with E-state index >= 15 is 0 Å². The summed E-state index contributed by atoms with van der Waals surface area (Å²) >= 11 is 0. The van der Waals surface area contributed by atoms with E-state index in [0.29, 0.717) is 17.0 Å². The van der Waals surface area contributed by atoms with Gasteiger partial charge in [0.05, 0.1) is 5.56 Å². The number of aliphatic hydroxyl groups is 1. The zero-order valence-corrected chi connectivity index (χ0v) is 12.1. The number of aryl methyl sites for hydroxylation is 1. The van der Waals surface area contributed by atoms with E-state index in [-0.39, 0.29) is 12.5 Å². The molecule has 1 amide bonds. The van der Waals surface area contributed by atoms with Crippen molar-refractivity contribution in [2.45, 2.75) is 26.7 Å². The molecule has 1 N–H and O–H groups in total. The van der Waals surface area contributed by atoms with Crippen molar-refractivity contribution in [3.8, 4) is 11.8 Å². The molecule has 1 aliphatic heterocycles. The summed E-state index contributed by atoms with van der Waals surface area (Å²) in [5.74, 6) is 6.25. The summed E-state index contributed by atoms with van der Waals surface area (Å²) in [6.45, 7) is 5.65. The number of piperidine rings is 1. The van der Waals surface area contributed by atoms with E-state index < -0.39 is 0 Å². The lowest BCUT2D eigenvalue weighted by Crippen LogP contribution is -2.38. The number of hydrogen-bond acceptors (Lipinski definition) is 2. The topological polar surface area (TPSA) is 40.5 Å². The third kappa shape index (κ3) is 3.40. The lowest BCUT2D eigenvalue weighted by atomic mass is 9.97. The number of amides is 1. The maximum atomic E-state index is 12.6. The number of carbonyl (C=O) groups excluding carboxylic acids is 1. The van der Waals surface area contributed by atoms with Gasteiger partial charge in [0.1, 0.15) is 6.61 Å². The molecule has 0 spiro atoms. The van der Waals surface area contributed by atoms with E-state index in [9.17, 15) is 4.79 Å². The van der Waals surface area contributed by atoms with E-state index in [1.165, 1.54) is 0 Å². The third-order valence-electron chi connectivity index (χ3n) is 3.78. The van der Waals surface area contributed by atoms with Crippen LogP contribution < -0.4 is 0 Å². The number of carbonyl (C=O) groups is 1. The van der Waals surface area contributed by atoms with Gasteiger partial charge < -0.3 is 10.0 Å². The molecule has 0 atom stereocenters. The van der Waals surface area contributed by atoms with Gasteiger partial charge in [-0.3, -0.25) is 4.79 Å². The fourth-order valence-electron chi connectivity index (χ4n) is 2.46. The second kappa shape index (κ2) is 6.58. The van der Waals surface area contributed by atoms with Gasteiger partial charge in [-0.25, -0.2) is 0 Å². The smallest absolute Gasteiger partial charge is 0.255 e. The molecule has 0 radical (unpaired) electrons. The Kier molecular flexibility index (Phi) is 4.81. The predicted octanol–water partition coefficient (Wildman–Crippen LogP) is 2.21. The molecule has 0 bridgehead atoms. The summed E-state index contributed by atoms with van der Waals surface area (Å²) in [7, 11) is 0. The van der Waals surface area contributed by atoms with Crippen molar-refractivity contribution in [1.82, 2.24) is 4.90 Å². The highest BCUT2D eigenvalue weighted by atomic mass is 16.2. The maximum Gasteiger partial charge on any atom is 0.255 e. The van der Waals surface area contributed by atoms with Crippen LogP contribution in [0.4, 0.5) is 0 Å². The average Bonchev–Trinajstić information content (AvgIpc) is 2.46. The summed E-state index contributed by atoms with van der Waals surface area (Å²) < 4.78 is 0. The summed E-state index contributed by atoms with van der Waals surface area (Å²) in [5.41, 5.74) is 2.40. The van der Waals surface area contributed by atoms with Gasteiger partial charge in [-0.15, -0.1) is 0 Å². The van der Waals surface area contributed by atoms with Crippen molar-refractivity contribution in [2.24, 2.45) is 5.92 Å². The van der Waals surface area contributed by atoms with Crippen molar-refractivity contribution in [1.29, 1.82) is 0 Å². The largest absolute Gasteiger partial charge is 0.384 e. The Hall–Kier alpha value is -1.79. The van der Waals surface area contributed by atoms with Crippen molar-refractivity contribution in [2.75, 3.05) is 19.7 Å². The van der Waals surface area contributed by atoms with Gasteiger partial charge in [0.15, 0.2) is 0 Å². The summed E-state index contributed by atoms with van der Waals surface area (Å²) in [6, 6.07) is 5.69. The highest BCUT2D eigenvalue weighted by molar-refractivity contribution is 5.97. The van der Waals surface area contributed by atoms with Gasteiger partial charge in [-0.05, 0) is 37.8 Å². The van der Waals surface area contributed by atoms with E-state index in [4.69, 9.17) is 5.11 Å². The first-order valence-corrected chi connectivity index (χ1v) is 7.11. The summed E-state index contributed by atoms with van der Waals surface area (Å²) in [4.78, 5) is 14.6. The predicted molar refractivity (Wildman–Crippen MR) is 79.4 cm³/mol. The quantitative estimate of drug-likeness (QED) is 0.796. The van der Waals surface area contributed by atoms with Crippen molar-refractivity contribution < 1.29 is 9.90 Å². The first kappa shape index (κ1) is 14.6. The van der Waals surface area contributed by atoms with E-state index in [0.717, 1.165) is 31.5 Å². The SMILES string of the molecule is Cc1ccc(C#CCO)c(C(=O)N2CCC(C)CC2)c1. The van der Waals surface area contributed by atoms with Gasteiger partial charge in [-0.2, -0.15) is 0 Å². The van der Waals surface area contributed by atoms with Crippen LogP contribution in [0.25, 0.3) is 0 Å².